The van der Waals surface area contributed by atoms with Gasteiger partial charge in [-0.15, -0.1) is 0 Å². The maximum Gasteiger partial charge on any atom is 0.170 e. The van der Waals surface area contributed by atoms with E-state index in [-0.39, 0.29) is 0 Å². The molecular formula is C12H8O2. The number of ether oxygens (including phenoxy) is 2. The molecule has 1 aliphatic rings. The van der Waals surface area contributed by atoms with Gasteiger partial charge in [0.1, 0.15) is 0 Å². The Morgan fingerprint density at radius 3 is 1.07 bits per heavy atom. The van der Waals surface area contributed by atoms with Gasteiger partial charge in [0.15, 0.2) is 23.0 Å². The normalized spacial score (nSPS) is 12.0. The third kappa shape index (κ3) is 1.04. The minimum Gasteiger partial charge on any atom is -0.450 e. The van der Waals surface area contributed by atoms with Gasteiger partial charge in [-0.3, -0.25) is 0 Å². The molecule has 2 aromatic carbocycles. The van der Waals surface area contributed by atoms with Gasteiger partial charge in [-0.1, -0.05) is 24.3 Å². The van der Waals surface area contributed by atoms with E-state index in [4.69, 9.17) is 9.47 Å². The Morgan fingerprint density at radius 1 is 0.500 bits per heavy atom. The fourth-order valence-corrected chi connectivity index (χ4v) is 1.47. The predicted octanol–water partition coefficient (Wildman–Crippen LogP) is 3.58. The first-order chi connectivity index (χ1) is 6.93. The topological polar surface area (TPSA) is 18.5 Å². The SMILES string of the molecule is c1ccc2c(c1)Oc1ccccc1O2. The Hall–Kier alpha value is -1.96. The lowest BCUT2D eigenvalue weighted by Crippen LogP contribution is -1.97. The number of hydrogen-bond donors (Lipinski definition) is 0. The summed E-state index contributed by atoms with van der Waals surface area (Å²) < 4.78 is 11.3. The van der Waals surface area contributed by atoms with Crippen LogP contribution in [-0.4, -0.2) is 0 Å². The predicted molar refractivity (Wildman–Crippen MR) is 53.0 cm³/mol. The van der Waals surface area contributed by atoms with Crippen LogP contribution in [0.15, 0.2) is 48.5 Å². The summed E-state index contributed by atoms with van der Waals surface area (Å²) in [5.74, 6) is 3.08. The van der Waals surface area contributed by atoms with Gasteiger partial charge in [0.05, 0.1) is 0 Å². The molecule has 14 heavy (non-hydrogen) atoms. The molecule has 0 saturated carbocycles. The van der Waals surface area contributed by atoms with E-state index in [1.807, 2.05) is 48.5 Å². The Kier molecular flexibility index (Phi) is 1.47. The zero-order valence-electron chi connectivity index (χ0n) is 7.44. The van der Waals surface area contributed by atoms with E-state index in [0.29, 0.717) is 0 Å². The molecule has 0 aromatic heterocycles. The fraction of sp³-hybridized carbons (Fsp3) is 0. The molecule has 0 radical (unpaired) electrons. The molecular weight excluding hydrogens is 176 g/mol. The Balaban J connectivity index is 2.12. The van der Waals surface area contributed by atoms with Gasteiger partial charge < -0.3 is 9.47 Å². The van der Waals surface area contributed by atoms with Crippen LogP contribution in [0.25, 0.3) is 0 Å². The number of benzene rings is 2. The molecule has 0 bridgehead atoms. The standard InChI is InChI=1S/C12H8O2/c1-2-6-10-9(5-1)13-11-7-3-4-8-12(11)14-10/h1-8H. The van der Waals surface area contributed by atoms with Crippen molar-refractivity contribution in [3.05, 3.63) is 48.5 Å². The first kappa shape index (κ1) is 7.44. The highest BCUT2D eigenvalue weighted by Gasteiger charge is 2.16. The molecule has 2 nitrogen and oxygen atoms in total. The van der Waals surface area contributed by atoms with E-state index >= 15 is 0 Å². The molecule has 0 N–H and O–H groups in total. The number of fused-ring (bicyclic) bond motifs is 2. The molecule has 2 aromatic rings. The van der Waals surface area contributed by atoms with Gasteiger partial charge in [-0.25, -0.2) is 0 Å². The summed E-state index contributed by atoms with van der Waals surface area (Å²) >= 11 is 0. The van der Waals surface area contributed by atoms with E-state index < -0.39 is 0 Å². The van der Waals surface area contributed by atoms with E-state index in [1.54, 1.807) is 0 Å². The minimum atomic E-state index is 0.770. The average Bonchev–Trinajstić information content (AvgIpc) is 2.26. The molecule has 68 valence electrons. The largest absolute Gasteiger partial charge is 0.450 e. The second-order valence-electron chi connectivity index (χ2n) is 3.10. The highest BCUT2D eigenvalue weighted by molar-refractivity contribution is 5.53. The molecule has 0 unspecified atom stereocenters. The van der Waals surface area contributed by atoms with Crippen molar-refractivity contribution in [3.63, 3.8) is 0 Å². The molecule has 0 aliphatic carbocycles. The molecule has 0 spiro atoms. The lowest BCUT2D eigenvalue weighted by atomic mass is 10.2. The van der Waals surface area contributed by atoms with E-state index in [0.717, 1.165) is 23.0 Å². The summed E-state index contributed by atoms with van der Waals surface area (Å²) in [6.45, 7) is 0. The van der Waals surface area contributed by atoms with Gasteiger partial charge >= 0.3 is 0 Å². The molecule has 0 amide bonds. The highest BCUT2D eigenvalue weighted by atomic mass is 16.6. The van der Waals surface area contributed by atoms with E-state index in [9.17, 15) is 0 Å². The van der Waals surface area contributed by atoms with Crippen molar-refractivity contribution >= 4 is 0 Å². The van der Waals surface area contributed by atoms with Crippen LogP contribution in [-0.2, 0) is 0 Å². The van der Waals surface area contributed by atoms with E-state index in [1.165, 1.54) is 0 Å². The van der Waals surface area contributed by atoms with Crippen molar-refractivity contribution in [2.45, 2.75) is 0 Å². The molecule has 1 heterocycles. The summed E-state index contributed by atoms with van der Waals surface area (Å²) in [5, 5.41) is 0. The lowest BCUT2D eigenvalue weighted by Gasteiger charge is -2.19. The Bertz CT molecular complexity index is 390. The summed E-state index contributed by atoms with van der Waals surface area (Å²) in [5.41, 5.74) is 0. The first-order valence-corrected chi connectivity index (χ1v) is 4.47. The summed E-state index contributed by atoms with van der Waals surface area (Å²) in [6.07, 6.45) is 0. The van der Waals surface area contributed by atoms with Gasteiger partial charge in [-0.2, -0.15) is 0 Å². The van der Waals surface area contributed by atoms with Gasteiger partial charge in [-0.05, 0) is 24.3 Å². The van der Waals surface area contributed by atoms with Crippen LogP contribution in [0, 0.1) is 0 Å². The van der Waals surface area contributed by atoms with Gasteiger partial charge in [0, 0.05) is 0 Å². The van der Waals surface area contributed by atoms with E-state index in [2.05, 4.69) is 0 Å². The second-order valence-corrected chi connectivity index (χ2v) is 3.10. The third-order valence-corrected chi connectivity index (χ3v) is 2.14. The number of hydrogen-bond acceptors (Lipinski definition) is 2. The van der Waals surface area contributed by atoms with Crippen molar-refractivity contribution in [2.75, 3.05) is 0 Å². The number of para-hydroxylation sites is 4. The summed E-state index contributed by atoms with van der Waals surface area (Å²) in [7, 11) is 0. The van der Waals surface area contributed by atoms with Crippen LogP contribution in [0.2, 0.25) is 0 Å². The monoisotopic (exact) mass is 184 g/mol. The minimum absolute atomic E-state index is 0.770. The molecule has 0 saturated heterocycles. The van der Waals surface area contributed by atoms with Crippen LogP contribution < -0.4 is 9.47 Å². The summed E-state index contributed by atoms with van der Waals surface area (Å²) in [6, 6.07) is 15.3. The fourth-order valence-electron chi connectivity index (χ4n) is 1.47. The molecule has 0 fully saturated rings. The van der Waals surface area contributed by atoms with Crippen molar-refractivity contribution in [1.82, 2.24) is 0 Å². The van der Waals surface area contributed by atoms with Crippen LogP contribution in [0.5, 0.6) is 23.0 Å². The highest BCUT2D eigenvalue weighted by Crippen LogP contribution is 2.44. The lowest BCUT2D eigenvalue weighted by molar-refractivity contribution is 0.359. The first-order valence-electron chi connectivity index (χ1n) is 4.47. The smallest absolute Gasteiger partial charge is 0.170 e. The quantitative estimate of drug-likeness (QED) is 0.531. The average molecular weight is 184 g/mol. The maximum atomic E-state index is 5.65. The summed E-state index contributed by atoms with van der Waals surface area (Å²) in [4.78, 5) is 0. The molecule has 2 heteroatoms. The van der Waals surface area contributed by atoms with Crippen molar-refractivity contribution in [3.8, 4) is 23.0 Å². The van der Waals surface area contributed by atoms with Crippen LogP contribution in [0.1, 0.15) is 0 Å². The number of rotatable bonds is 0. The third-order valence-electron chi connectivity index (χ3n) is 2.14. The Morgan fingerprint density at radius 2 is 0.786 bits per heavy atom. The zero-order chi connectivity index (χ0) is 9.38. The maximum absolute atomic E-state index is 5.65. The molecule has 3 rings (SSSR count). The molecule has 1 aliphatic heterocycles. The Labute approximate surface area is 81.7 Å². The zero-order valence-corrected chi connectivity index (χ0v) is 7.44. The van der Waals surface area contributed by atoms with Gasteiger partial charge in [0.2, 0.25) is 0 Å². The van der Waals surface area contributed by atoms with Crippen LogP contribution in [0.4, 0.5) is 0 Å². The van der Waals surface area contributed by atoms with Crippen LogP contribution in [0.3, 0.4) is 0 Å². The van der Waals surface area contributed by atoms with Crippen LogP contribution >= 0.6 is 0 Å². The van der Waals surface area contributed by atoms with Crippen molar-refractivity contribution < 1.29 is 9.47 Å². The van der Waals surface area contributed by atoms with Gasteiger partial charge in [0.25, 0.3) is 0 Å². The second kappa shape index (κ2) is 2.77. The van der Waals surface area contributed by atoms with Crippen molar-refractivity contribution in [2.24, 2.45) is 0 Å². The molecule has 0 atom stereocenters. The van der Waals surface area contributed by atoms with Crippen molar-refractivity contribution in [1.29, 1.82) is 0 Å².